The number of thiocarbonyl (C=S) groups is 1. The number of nitrogens with one attached hydrogen (secondary N) is 1. The molecule has 1 saturated heterocycles. The molecule has 2 aliphatic heterocycles. The molecule has 7 nitrogen and oxygen atoms in total. The summed E-state index contributed by atoms with van der Waals surface area (Å²) in [4.78, 5) is 27.1. The number of aryl methyl sites for hydroxylation is 1. The van der Waals surface area contributed by atoms with Crippen molar-refractivity contribution in [3.8, 4) is 17.2 Å². The molecule has 1 fully saturated rings. The Labute approximate surface area is 179 Å². The summed E-state index contributed by atoms with van der Waals surface area (Å²) in [6.07, 6.45) is 2.37. The third kappa shape index (κ3) is 3.61. The molecule has 0 saturated carbocycles. The Morgan fingerprint density at radius 3 is 2.50 bits per heavy atom. The molecule has 2 aliphatic rings. The van der Waals surface area contributed by atoms with Crippen LogP contribution >= 0.6 is 12.2 Å². The van der Waals surface area contributed by atoms with E-state index in [-0.39, 0.29) is 17.5 Å². The second-order valence-electron chi connectivity index (χ2n) is 6.65. The monoisotopic (exact) mass is 424 g/mol. The van der Waals surface area contributed by atoms with Crippen LogP contribution in [0.1, 0.15) is 25.0 Å². The van der Waals surface area contributed by atoms with Crippen molar-refractivity contribution in [1.29, 1.82) is 0 Å². The third-order valence-corrected chi connectivity index (χ3v) is 5.09. The number of hydrogen-bond acceptors (Lipinski definition) is 6. The van der Waals surface area contributed by atoms with Gasteiger partial charge in [-0.15, -0.1) is 0 Å². The van der Waals surface area contributed by atoms with E-state index in [1.807, 2.05) is 38.1 Å². The summed E-state index contributed by atoms with van der Waals surface area (Å²) >= 11 is 5.26. The average molecular weight is 424 g/mol. The van der Waals surface area contributed by atoms with Crippen molar-refractivity contribution in [2.45, 2.75) is 20.3 Å². The molecule has 0 radical (unpaired) electrons. The van der Waals surface area contributed by atoms with Crippen molar-refractivity contribution in [2.75, 3.05) is 18.3 Å². The van der Waals surface area contributed by atoms with Gasteiger partial charge in [-0.3, -0.25) is 19.8 Å². The maximum Gasteiger partial charge on any atom is 0.270 e. The molecular formula is C22H20N2O5S. The predicted octanol–water partition coefficient (Wildman–Crippen LogP) is 3.21. The standard InChI is InChI=1S/C22H20N2O5S/c1-3-13-5-7-15(8-6-13)24-21(26)16(20(25)23-22(24)30)9-14-10-18-19(29-12-28-18)11-17(14)27-4-2/h5-11H,3-4,12H2,1-2H3,(H,23,25,30)/b16-9-. The lowest BCUT2D eigenvalue weighted by Gasteiger charge is -2.29. The van der Waals surface area contributed by atoms with Crippen LogP contribution in [0.5, 0.6) is 17.2 Å². The molecule has 0 aliphatic carbocycles. The van der Waals surface area contributed by atoms with Crippen molar-refractivity contribution in [2.24, 2.45) is 0 Å². The fourth-order valence-electron chi connectivity index (χ4n) is 3.26. The van der Waals surface area contributed by atoms with Crippen LogP contribution in [0.4, 0.5) is 5.69 Å². The Bertz CT molecular complexity index is 1060. The van der Waals surface area contributed by atoms with Crippen molar-refractivity contribution in [3.05, 3.63) is 53.1 Å². The van der Waals surface area contributed by atoms with Gasteiger partial charge in [0.15, 0.2) is 16.6 Å². The Hall–Kier alpha value is -3.39. The molecule has 0 unspecified atom stereocenters. The summed E-state index contributed by atoms with van der Waals surface area (Å²) < 4.78 is 16.5. The second-order valence-corrected chi connectivity index (χ2v) is 7.04. The van der Waals surface area contributed by atoms with Crippen molar-refractivity contribution in [1.82, 2.24) is 5.32 Å². The van der Waals surface area contributed by atoms with Crippen LogP contribution in [0.15, 0.2) is 42.0 Å². The lowest BCUT2D eigenvalue weighted by molar-refractivity contribution is -0.122. The number of rotatable bonds is 5. The van der Waals surface area contributed by atoms with E-state index in [1.54, 1.807) is 12.1 Å². The largest absolute Gasteiger partial charge is 0.493 e. The first-order valence-corrected chi connectivity index (χ1v) is 9.99. The van der Waals surface area contributed by atoms with Crippen LogP contribution in [0.2, 0.25) is 0 Å². The molecule has 0 bridgehead atoms. The van der Waals surface area contributed by atoms with E-state index in [0.29, 0.717) is 35.1 Å². The summed E-state index contributed by atoms with van der Waals surface area (Å²) in [5.74, 6) is 0.497. The molecule has 0 spiro atoms. The van der Waals surface area contributed by atoms with Crippen LogP contribution in [0, 0.1) is 0 Å². The van der Waals surface area contributed by atoms with E-state index in [2.05, 4.69) is 5.32 Å². The molecule has 2 aromatic rings. The highest BCUT2D eigenvalue weighted by molar-refractivity contribution is 7.80. The number of amides is 2. The van der Waals surface area contributed by atoms with Gasteiger partial charge in [0.25, 0.3) is 11.8 Å². The van der Waals surface area contributed by atoms with E-state index >= 15 is 0 Å². The van der Waals surface area contributed by atoms with Gasteiger partial charge in [0.05, 0.1) is 12.3 Å². The second kappa shape index (κ2) is 8.16. The number of hydrogen-bond donors (Lipinski definition) is 1. The first kappa shape index (κ1) is 19.9. The molecule has 30 heavy (non-hydrogen) atoms. The number of carbonyl (C=O) groups is 2. The topological polar surface area (TPSA) is 77.1 Å². The Morgan fingerprint density at radius 2 is 1.83 bits per heavy atom. The molecular weight excluding hydrogens is 404 g/mol. The van der Waals surface area contributed by atoms with Gasteiger partial charge < -0.3 is 14.2 Å². The van der Waals surface area contributed by atoms with Gasteiger partial charge in [-0.1, -0.05) is 19.1 Å². The van der Waals surface area contributed by atoms with Crippen molar-refractivity contribution >= 4 is 40.9 Å². The molecule has 0 atom stereocenters. The zero-order valence-corrected chi connectivity index (χ0v) is 17.4. The molecule has 2 heterocycles. The van der Waals surface area contributed by atoms with Crippen LogP contribution in [-0.4, -0.2) is 30.3 Å². The fraction of sp³-hybridized carbons (Fsp3) is 0.227. The molecule has 2 amide bonds. The quantitative estimate of drug-likeness (QED) is 0.451. The minimum Gasteiger partial charge on any atom is -0.493 e. The lowest BCUT2D eigenvalue weighted by Crippen LogP contribution is -2.54. The molecule has 154 valence electrons. The number of anilines is 1. The SMILES string of the molecule is CCOc1cc2c(cc1/C=C1/C(=O)NC(=S)N(c3ccc(CC)cc3)C1=O)OCO2. The van der Waals surface area contributed by atoms with E-state index < -0.39 is 11.8 Å². The predicted molar refractivity (Wildman–Crippen MR) is 116 cm³/mol. The van der Waals surface area contributed by atoms with Crippen LogP contribution in [0.25, 0.3) is 6.08 Å². The van der Waals surface area contributed by atoms with E-state index in [1.165, 1.54) is 11.0 Å². The maximum absolute atomic E-state index is 13.2. The molecule has 2 aromatic carbocycles. The number of carbonyl (C=O) groups excluding carboxylic acids is 2. The summed E-state index contributed by atoms with van der Waals surface area (Å²) in [5.41, 5.74) is 2.20. The normalized spacial score (nSPS) is 16.8. The maximum atomic E-state index is 13.2. The highest BCUT2D eigenvalue weighted by atomic mass is 32.1. The van der Waals surface area contributed by atoms with E-state index in [0.717, 1.165) is 12.0 Å². The van der Waals surface area contributed by atoms with Gasteiger partial charge in [0, 0.05) is 11.6 Å². The minimum absolute atomic E-state index is 0.0436. The van der Waals surface area contributed by atoms with Crippen LogP contribution < -0.4 is 24.4 Å². The molecule has 1 N–H and O–H groups in total. The summed E-state index contributed by atoms with van der Waals surface area (Å²) in [5, 5.41) is 2.64. The molecule has 0 aromatic heterocycles. The lowest BCUT2D eigenvalue weighted by atomic mass is 10.0. The third-order valence-electron chi connectivity index (χ3n) is 4.81. The van der Waals surface area contributed by atoms with Crippen LogP contribution in [-0.2, 0) is 16.0 Å². The van der Waals surface area contributed by atoms with E-state index in [9.17, 15) is 9.59 Å². The number of ether oxygens (including phenoxy) is 3. The van der Waals surface area contributed by atoms with Crippen molar-refractivity contribution < 1.29 is 23.8 Å². The Morgan fingerprint density at radius 1 is 1.13 bits per heavy atom. The summed E-state index contributed by atoms with van der Waals surface area (Å²) in [7, 11) is 0. The molecule has 8 heteroatoms. The van der Waals surface area contributed by atoms with Gasteiger partial charge in [-0.25, -0.2) is 0 Å². The zero-order valence-electron chi connectivity index (χ0n) is 16.6. The molecule has 4 rings (SSSR count). The first-order valence-electron chi connectivity index (χ1n) is 9.58. The highest BCUT2D eigenvalue weighted by Gasteiger charge is 2.35. The minimum atomic E-state index is -0.563. The fourth-order valence-corrected chi connectivity index (χ4v) is 3.54. The zero-order chi connectivity index (χ0) is 21.3. The number of benzene rings is 2. The Kier molecular flexibility index (Phi) is 5.41. The number of nitrogens with zero attached hydrogens (tertiary/aromatic N) is 1. The van der Waals surface area contributed by atoms with Gasteiger partial charge in [0.1, 0.15) is 11.3 Å². The Balaban J connectivity index is 1.74. The van der Waals surface area contributed by atoms with Gasteiger partial charge in [-0.2, -0.15) is 0 Å². The summed E-state index contributed by atoms with van der Waals surface area (Å²) in [6, 6.07) is 10.9. The highest BCUT2D eigenvalue weighted by Crippen LogP contribution is 2.39. The average Bonchev–Trinajstić information content (AvgIpc) is 3.19. The van der Waals surface area contributed by atoms with Crippen LogP contribution in [0.3, 0.4) is 0 Å². The first-order chi connectivity index (χ1) is 14.5. The van der Waals surface area contributed by atoms with Gasteiger partial charge in [0.2, 0.25) is 6.79 Å². The smallest absolute Gasteiger partial charge is 0.270 e. The number of fused-ring (bicyclic) bond motifs is 1. The van der Waals surface area contributed by atoms with E-state index in [4.69, 9.17) is 26.4 Å². The van der Waals surface area contributed by atoms with Gasteiger partial charge in [-0.05, 0) is 55.4 Å². The summed E-state index contributed by atoms with van der Waals surface area (Å²) in [6.45, 7) is 4.42. The van der Waals surface area contributed by atoms with Gasteiger partial charge >= 0.3 is 0 Å². The van der Waals surface area contributed by atoms with Crippen molar-refractivity contribution in [3.63, 3.8) is 0 Å².